The maximum Gasteiger partial charge on any atom is 0.421 e. The number of carbonyl (C=O) groups excluding carboxylic acids is 3. The molecule has 2 N–H and O–H groups in total. The van der Waals surface area contributed by atoms with Crippen LogP contribution in [0.2, 0.25) is 0 Å². The Kier molecular flexibility index (Phi) is 4.16. The van der Waals surface area contributed by atoms with Crippen LogP contribution in [0, 0.1) is 12.8 Å². The Bertz CT molecular complexity index is 877. The number of imide groups is 1. The van der Waals surface area contributed by atoms with Gasteiger partial charge in [-0.25, -0.2) is 14.5 Å². The minimum Gasteiger partial charge on any atom is -0.313 e. The van der Waals surface area contributed by atoms with E-state index in [1.807, 2.05) is 0 Å². The van der Waals surface area contributed by atoms with Crippen molar-refractivity contribution in [3.8, 4) is 0 Å². The average Bonchev–Trinajstić information content (AvgIpc) is 2.53. The number of nitrogens with one attached hydrogen (secondary N) is 2. The summed E-state index contributed by atoms with van der Waals surface area (Å²) in [5.41, 5.74) is -4.45. The Morgan fingerprint density at radius 3 is 2.04 bits per heavy atom. The number of urea groups is 2. The van der Waals surface area contributed by atoms with E-state index < -0.39 is 47.6 Å². The highest BCUT2D eigenvalue weighted by atomic mass is 19.4. The first kappa shape index (κ1) is 19.6. The number of halogens is 6. The van der Waals surface area contributed by atoms with Gasteiger partial charge in [0.15, 0.2) is 0 Å². The van der Waals surface area contributed by atoms with Crippen molar-refractivity contribution in [2.75, 3.05) is 4.90 Å². The smallest absolute Gasteiger partial charge is 0.313 e. The van der Waals surface area contributed by atoms with Crippen LogP contribution in [-0.2, 0) is 4.79 Å². The number of amides is 5. The summed E-state index contributed by atoms with van der Waals surface area (Å²) in [4.78, 5) is 39.4. The average molecular weight is 408 g/mol. The van der Waals surface area contributed by atoms with Crippen molar-refractivity contribution in [3.05, 3.63) is 29.8 Å². The number of rotatable bonds is 1. The van der Waals surface area contributed by atoms with E-state index in [0.29, 0.717) is 10.5 Å². The van der Waals surface area contributed by atoms with Crippen LogP contribution < -0.4 is 15.5 Å². The molecule has 0 bridgehead atoms. The van der Waals surface area contributed by atoms with E-state index in [-0.39, 0.29) is 5.69 Å². The number of carbonyl (C=O) groups is 3. The third-order valence-corrected chi connectivity index (χ3v) is 4.32. The molecule has 28 heavy (non-hydrogen) atoms. The van der Waals surface area contributed by atoms with Gasteiger partial charge in [-0.05, 0) is 19.1 Å². The molecule has 0 spiro atoms. The number of aliphatic imine (C=N–C) groups is 1. The fourth-order valence-corrected chi connectivity index (χ4v) is 3.03. The molecule has 1 saturated heterocycles. The molecule has 1 fully saturated rings. The molecule has 1 atom stereocenters. The molecular formula is C15H10F6N4O3. The molecule has 7 nitrogen and oxygen atoms in total. The molecule has 150 valence electrons. The van der Waals surface area contributed by atoms with Gasteiger partial charge in [0.05, 0.1) is 5.69 Å². The van der Waals surface area contributed by atoms with Crippen molar-refractivity contribution in [3.63, 3.8) is 0 Å². The SMILES string of the molecule is Cc1ccc(N2C(=O)NC(=O)C3C2=NC(=O)NC3(C(F)(F)F)C(F)(F)F)cc1. The van der Waals surface area contributed by atoms with Gasteiger partial charge in [0.25, 0.3) is 5.54 Å². The van der Waals surface area contributed by atoms with E-state index in [4.69, 9.17) is 0 Å². The lowest BCUT2D eigenvalue weighted by atomic mass is 9.78. The summed E-state index contributed by atoms with van der Waals surface area (Å²) >= 11 is 0. The quantitative estimate of drug-likeness (QED) is 0.700. The van der Waals surface area contributed by atoms with E-state index in [1.54, 1.807) is 6.92 Å². The highest BCUT2D eigenvalue weighted by Gasteiger charge is 2.80. The molecule has 2 aliphatic rings. The second-order valence-corrected chi connectivity index (χ2v) is 6.10. The summed E-state index contributed by atoms with van der Waals surface area (Å²) in [5, 5.41) is 2.23. The number of amidine groups is 1. The minimum atomic E-state index is -6.12. The van der Waals surface area contributed by atoms with Crippen LogP contribution in [0.5, 0.6) is 0 Å². The molecular weight excluding hydrogens is 398 g/mol. The maximum absolute atomic E-state index is 13.6. The number of hydrogen-bond acceptors (Lipinski definition) is 3. The first-order chi connectivity index (χ1) is 12.8. The number of alkyl halides is 6. The summed E-state index contributed by atoms with van der Waals surface area (Å²) in [5.74, 6) is -6.22. The molecule has 0 saturated carbocycles. The predicted octanol–water partition coefficient (Wildman–Crippen LogP) is 2.65. The van der Waals surface area contributed by atoms with Crippen LogP contribution in [0.25, 0.3) is 0 Å². The van der Waals surface area contributed by atoms with Gasteiger partial charge < -0.3 is 5.32 Å². The van der Waals surface area contributed by atoms with Crippen LogP contribution in [0.3, 0.4) is 0 Å². The van der Waals surface area contributed by atoms with E-state index >= 15 is 0 Å². The highest BCUT2D eigenvalue weighted by Crippen LogP contribution is 2.50. The summed E-state index contributed by atoms with van der Waals surface area (Å²) < 4.78 is 81.7. The fraction of sp³-hybridized carbons (Fsp3) is 0.333. The van der Waals surface area contributed by atoms with E-state index in [1.165, 1.54) is 29.6 Å². The Labute approximate surface area is 152 Å². The van der Waals surface area contributed by atoms with Crippen LogP contribution >= 0.6 is 0 Å². The van der Waals surface area contributed by atoms with Crippen molar-refractivity contribution in [1.29, 1.82) is 0 Å². The van der Waals surface area contributed by atoms with Gasteiger partial charge >= 0.3 is 24.4 Å². The van der Waals surface area contributed by atoms with Crippen molar-refractivity contribution in [2.24, 2.45) is 10.9 Å². The van der Waals surface area contributed by atoms with Gasteiger partial charge in [-0.3, -0.25) is 10.1 Å². The summed E-state index contributed by atoms with van der Waals surface area (Å²) in [6.07, 6.45) is -12.2. The van der Waals surface area contributed by atoms with Crippen molar-refractivity contribution < 1.29 is 40.7 Å². The molecule has 1 aromatic carbocycles. The van der Waals surface area contributed by atoms with Gasteiger partial charge in [0.2, 0.25) is 5.91 Å². The fourth-order valence-electron chi connectivity index (χ4n) is 3.03. The Morgan fingerprint density at radius 1 is 1.00 bits per heavy atom. The van der Waals surface area contributed by atoms with Crippen molar-refractivity contribution in [2.45, 2.75) is 24.8 Å². The zero-order valence-electron chi connectivity index (χ0n) is 13.8. The first-order valence-corrected chi connectivity index (χ1v) is 7.55. The molecule has 0 aromatic heterocycles. The number of hydrogen-bond donors (Lipinski definition) is 2. The molecule has 3 rings (SSSR count). The van der Waals surface area contributed by atoms with Crippen molar-refractivity contribution >= 4 is 29.5 Å². The number of anilines is 1. The third-order valence-electron chi connectivity index (χ3n) is 4.32. The van der Waals surface area contributed by atoms with Gasteiger partial charge in [-0.15, -0.1) is 0 Å². The Balaban J connectivity index is 2.27. The van der Waals surface area contributed by atoms with Gasteiger partial charge in [0, 0.05) is 0 Å². The van der Waals surface area contributed by atoms with Crippen LogP contribution in [-0.4, -0.2) is 41.7 Å². The molecule has 13 heteroatoms. The number of benzene rings is 1. The lowest BCUT2D eigenvalue weighted by Gasteiger charge is -2.47. The zero-order chi connectivity index (χ0) is 21.1. The number of nitrogens with zero attached hydrogens (tertiary/aromatic N) is 2. The molecule has 0 radical (unpaired) electrons. The summed E-state index contributed by atoms with van der Waals surface area (Å²) in [6.45, 7) is 1.65. The highest BCUT2D eigenvalue weighted by molar-refractivity contribution is 6.32. The lowest BCUT2D eigenvalue weighted by Crippen LogP contribution is -2.80. The molecule has 1 aromatic rings. The first-order valence-electron chi connectivity index (χ1n) is 7.55. The topological polar surface area (TPSA) is 90.9 Å². The number of aryl methyl sites for hydroxylation is 1. The van der Waals surface area contributed by atoms with Crippen molar-refractivity contribution in [1.82, 2.24) is 10.6 Å². The summed E-state index contributed by atoms with van der Waals surface area (Å²) in [6, 6.07) is 1.98. The molecule has 1 unspecified atom stereocenters. The Hall–Kier alpha value is -3.12. The number of fused-ring (bicyclic) bond motifs is 1. The van der Waals surface area contributed by atoms with Gasteiger partial charge in [-0.2, -0.15) is 31.3 Å². The van der Waals surface area contributed by atoms with Crippen LogP contribution in [0.4, 0.5) is 41.6 Å². The zero-order valence-corrected chi connectivity index (χ0v) is 13.8. The maximum atomic E-state index is 13.6. The van der Waals surface area contributed by atoms with Crippen LogP contribution in [0.1, 0.15) is 5.56 Å². The standard InChI is InChI=1S/C15H10F6N4O3/c1-6-2-4-7(5-3-6)25-9-8(10(26)23-12(25)28)13(14(16,17)18,15(19,20)21)24-11(27)22-9/h2-5,8H,1H3,(H,24,27)(H,23,26,28). The van der Waals surface area contributed by atoms with Crippen LogP contribution in [0.15, 0.2) is 29.3 Å². The summed E-state index contributed by atoms with van der Waals surface area (Å²) in [7, 11) is 0. The van der Waals surface area contributed by atoms with Gasteiger partial charge in [-0.1, -0.05) is 17.7 Å². The molecule has 0 aliphatic carbocycles. The van der Waals surface area contributed by atoms with E-state index in [9.17, 15) is 40.7 Å². The predicted molar refractivity (Wildman–Crippen MR) is 81.5 cm³/mol. The molecule has 5 amide bonds. The Morgan fingerprint density at radius 2 is 1.54 bits per heavy atom. The largest absolute Gasteiger partial charge is 0.421 e. The molecule has 2 aliphatic heterocycles. The van der Waals surface area contributed by atoms with E-state index in [0.717, 1.165) is 5.32 Å². The lowest BCUT2D eigenvalue weighted by molar-refractivity contribution is -0.311. The normalized spacial score (nSPS) is 22.2. The third kappa shape index (κ3) is 2.68. The molecule has 2 heterocycles. The minimum absolute atomic E-state index is 0.174. The monoisotopic (exact) mass is 408 g/mol. The second kappa shape index (κ2) is 5.94. The van der Waals surface area contributed by atoms with E-state index in [2.05, 4.69) is 4.99 Å². The van der Waals surface area contributed by atoms with Gasteiger partial charge in [0.1, 0.15) is 11.8 Å². The second-order valence-electron chi connectivity index (χ2n) is 6.10.